The van der Waals surface area contributed by atoms with E-state index in [2.05, 4.69) is 11.9 Å². The molecule has 19 heavy (non-hydrogen) atoms. The zero-order valence-electron chi connectivity index (χ0n) is 11.2. The summed E-state index contributed by atoms with van der Waals surface area (Å²) >= 11 is 0. The molecule has 0 spiro atoms. The maximum absolute atomic E-state index is 12.4. The molecular formula is C15H17NO3. The average molecular weight is 259 g/mol. The average Bonchev–Trinajstić information content (AvgIpc) is 2.63. The molecule has 1 amide bonds. The number of fused-ring (bicyclic) bond motifs is 1. The van der Waals surface area contributed by atoms with Crippen molar-refractivity contribution in [3.05, 3.63) is 42.0 Å². The summed E-state index contributed by atoms with van der Waals surface area (Å²) in [4.78, 5) is 24.7. The van der Waals surface area contributed by atoms with E-state index >= 15 is 0 Å². The molecular weight excluding hydrogens is 242 g/mol. The van der Waals surface area contributed by atoms with Crippen LogP contribution in [0.15, 0.2) is 36.4 Å². The first-order valence-corrected chi connectivity index (χ1v) is 6.25. The number of para-hydroxylation sites is 1. The van der Waals surface area contributed by atoms with Gasteiger partial charge >= 0.3 is 5.97 Å². The van der Waals surface area contributed by atoms with Gasteiger partial charge in [-0.3, -0.25) is 9.59 Å². The normalized spacial score (nSPS) is 20.6. The topological polar surface area (TPSA) is 55.4 Å². The highest BCUT2D eigenvalue weighted by Gasteiger charge is 2.53. The van der Waals surface area contributed by atoms with E-state index in [1.807, 2.05) is 12.1 Å². The standard InChI is InChI=1S/C15H17NO3/c1-4-19-14(18)15(9-10(2)3)11-7-5-6-8-12(11)16-13(15)17/h5-8H,2,4,9H2,1,3H3,(H,16,17)/t15-/m0/s1. The number of allylic oxidation sites excluding steroid dienone is 1. The lowest BCUT2D eigenvalue weighted by atomic mass is 9.76. The van der Waals surface area contributed by atoms with Crippen LogP contribution in [-0.2, 0) is 19.7 Å². The Hall–Kier alpha value is -2.10. The predicted octanol–water partition coefficient (Wildman–Crippen LogP) is 2.41. The van der Waals surface area contributed by atoms with E-state index in [1.54, 1.807) is 26.0 Å². The van der Waals surface area contributed by atoms with E-state index in [0.29, 0.717) is 11.3 Å². The molecule has 1 aromatic carbocycles. The molecule has 0 aliphatic carbocycles. The van der Waals surface area contributed by atoms with Crippen LogP contribution in [0.5, 0.6) is 0 Å². The van der Waals surface area contributed by atoms with Crippen LogP contribution in [0.3, 0.4) is 0 Å². The minimum atomic E-state index is -1.29. The van der Waals surface area contributed by atoms with Crippen molar-refractivity contribution >= 4 is 17.6 Å². The van der Waals surface area contributed by atoms with Gasteiger partial charge in [0.15, 0.2) is 5.41 Å². The first-order chi connectivity index (χ1) is 9.02. The fraction of sp³-hybridized carbons (Fsp3) is 0.333. The molecule has 1 atom stereocenters. The molecule has 0 bridgehead atoms. The van der Waals surface area contributed by atoms with E-state index in [4.69, 9.17) is 4.74 Å². The Kier molecular flexibility index (Phi) is 3.42. The van der Waals surface area contributed by atoms with Gasteiger partial charge in [-0.1, -0.05) is 23.8 Å². The molecule has 1 heterocycles. The van der Waals surface area contributed by atoms with E-state index in [-0.39, 0.29) is 18.9 Å². The maximum atomic E-state index is 12.4. The van der Waals surface area contributed by atoms with Crippen LogP contribution < -0.4 is 5.32 Å². The number of hydrogen-bond acceptors (Lipinski definition) is 3. The van der Waals surface area contributed by atoms with E-state index in [9.17, 15) is 9.59 Å². The van der Waals surface area contributed by atoms with Crippen molar-refractivity contribution < 1.29 is 14.3 Å². The number of nitrogens with one attached hydrogen (secondary N) is 1. The number of anilines is 1. The van der Waals surface area contributed by atoms with Crippen LogP contribution >= 0.6 is 0 Å². The molecule has 2 rings (SSSR count). The Morgan fingerprint density at radius 3 is 2.74 bits per heavy atom. The van der Waals surface area contributed by atoms with Crippen LogP contribution in [0.1, 0.15) is 25.8 Å². The van der Waals surface area contributed by atoms with Crippen LogP contribution in [0.4, 0.5) is 5.69 Å². The van der Waals surface area contributed by atoms with Gasteiger partial charge in [0, 0.05) is 11.3 Å². The van der Waals surface area contributed by atoms with Crippen molar-refractivity contribution in [1.29, 1.82) is 0 Å². The minimum absolute atomic E-state index is 0.242. The van der Waals surface area contributed by atoms with Gasteiger partial charge in [0.25, 0.3) is 0 Å². The first kappa shape index (κ1) is 13.3. The molecule has 4 heteroatoms. The SMILES string of the molecule is C=C(C)C[C@@]1(C(=O)OCC)C(=O)Nc2ccccc21. The zero-order chi connectivity index (χ0) is 14.0. The smallest absolute Gasteiger partial charge is 0.326 e. The summed E-state index contributed by atoms with van der Waals surface area (Å²) in [5.74, 6) is -0.851. The Morgan fingerprint density at radius 1 is 1.42 bits per heavy atom. The van der Waals surface area contributed by atoms with Gasteiger partial charge in [-0.15, -0.1) is 6.58 Å². The van der Waals surface area contributed by atoms with Crippen molar-refractivity contribution in [3.8, 4) is 0 Å². The minimum Gasteiger partial charge on any atom is -0.465 e. The molecule has 4 nitrogen and oxygen atoms in total. The van der Waals surface area contributed by atoms with Crippen LogP contribution in [0, 0.1) is 0 Å². The largest absolute Gasteiger partial charge is 0.465 e. The molecule has 0 saturated carbocycles. The number of ether oxygens (including phenoxy) is 1. The third kappa shape index (κ3) is 2.03. The van der Waals surface area contributed by atoms with E-state index in [0.717, 1.165) is 5.57 Å². The predicted molar refractivity (Wildman–Crippen MR) is 72.8 cm³/mol. The van der Waals surface area contributed by atoms with Crippen molar-refractivity contribution in [2.45, 2.75) is 25.7 Å². The molecule has 0 fully saturated rings. The first-order valence-electron chi connectivity index (χ1n) is 6.25. The number of benzene rings is 1. The second kappa shape index (κ2) is 4.88. The number of amides is 1. The van der Waals surface area contributed by atoms with Crippen molar-refractivity contribution in [2.75, 3.05) is 11.9 Å². The van der Waals surface area contributed by atoms with Gasteiger partial charge < -0.3 is 10.1 Å². The molecule has 0 saturated heterocycles. The second-order valence-electron chi connectivity index (χ2n) is 4.76. The Balaban J connectivity index is 2.57. The summed E-state index contributed by atoms with van der Waals surface area (Å²) in [6.07, 6.45) is 0.259. The summed E-state index contributed by atoms with van der Waals surface area (Å²) < 4.78 is 5.12. The molecule has 0 unspecified atom stereocenters. The highest BCUT2D eigenvalue weighted by atomic mass is 16.5. The molecule has 1 aliphatic heterocycles. The van der Waals surface area contributed by atoms with Gasteiger partial charge in [-0.25, -0.2) is 0 Å². The quantitative estimate of drug-likeness (QED) is 0.513. The third-order valence-electron chi connectivity index (χ3n) is 3.21. The van der Waals surface area contributed by atoms with Gasteiger partial charge in [0.05, 0.1) is 6.61 Å². The number of esters is 1. The molecule has 1 N–H and O–H groups in total. The van der Waals surface area contributed by atoms with E-state index < -0.39 is 11.4 Å². The Morgan fingerprint density at radius 2 is 2.11 bits per heavy atom. The lowest BCUT2D eigenvalue weighted by Gasteiger charge is -2.25. The lowest BCUT2D eigenvalue weighted by molar-refractivity contribution is -0.153. The van der Waals surface area contributed by atoms with Crippen molar-refractivity contribution in [1.82, 2.24) is 0 Å². The van der Waals surface area contributed by atoms with Gasteiger partial charge in [-0.2, -0.15) is 0 Å². The maximum Gasteiger partial charge on any atom is 0.326 e. The zero-order valence-corrected chi connectivity index (χ0v) is 11.2. The fourth-order valence-corrected chi connectivity index (χ4v) is 2.47. The Bertz CT molecular complexity index is 550. The summed E-state index contributed by atoms with van der Waals surface area (Å²) in [6.45, 7) is 7.60. The van der Waals surface area contributed by atoms with Gasteiger partial charge in [0.1, 0.15) is 0 Å². The summed E-state index contributed by atoms with van der Waals surface area (Å²) in [5, 5.41) is 2.75. The molecule has 0 aromatic heterocycles. The molecule has 100 valence electrons. The Labute approximate surface area is 112 Å². The monoisotopic (exact) mass is 259 g/mol. The fourth-order valence-electron chi connectivity index (χ4n) is 2.47. The molecule has 1 aromatic rings. The summed E-state index contributed by atoms with van der Waals surface area (Å²) in [6, 6.07) is 7.20. The van der Waals surface area contributed by atoms with Crippen LogP contribution in [-0.4, -0.2) is 18.5 Å². The van der Waals surface area contributed by atoms with Crippen LogP contribution in [0.25, 0.3) is 0 Å². The number of carbonyl (C=O) groups is 2. The highest BCUT2D eigenvalue weighted by Crippen LogP contribution is 2.42. The number of hydrogen-bond donors (Lipinski definition) is 1. The lowest BCUT2D eigenvalue weighted by Crippen LogP contribution is -2.44. The van der Waals surface area contributed by atoms with Crippen molar-refractivity contribution in [3.63, 3.8) is 0 Å². The summed E-state index contributed by atoms with van der Waals surface area (Å²) in [7, 11) is 0. The highest BCUT2D eigenvalue weighted by molar-refractivity contribution is 6.19. The van der Waals surface area contributed by atoms with E-state index in [1.165, 1.54) is 0 Å². The number of carbonyl (C=O) groups excluding carboxylic acids is 2. The molecule has 0 radical (unpaired) electrons. The van der Waals surface area contributed by atoms with Gasteiger partial charge in [-0.05, 0) is 26.3 Å². The van der Waals surface area contributed by atoms with Gasteiger partial charge in [0.2, 0.25) is 5.91 Å². The van der Waals surface area contributed by atoms with Crippen LogP contribution in [0.2, 0.25) is 0 Å². The summed E-state index contributed by atoms with van der Waals surface area (Å²) in [5.41, 5.74) is 0.807. The number of rotatable bonds is 4. The second-order valence-corrected chi connectivity index (χ2v) is 4.76. The molecule has 1 aliphatic rings. The third-order valence-corrected chi connectivity index (χ3v) is 3.21. The van der Waals surface area contributed by atoms with Crippen molar-refractivity contribution in [2.24, 2.45) is 0 Å².